The fourth-order valence-electron chi connectivity index (χ4n) is 2.36. The van der Waals surface area contributed by atoms with E-state index in [9.17, 15) is 4.79 Å². The number of aromatic nitrogens is 1. The number of carbonyl (C=O) groups excluding carboxylic acids is 1. The van der Waals surface area contributed by atoms with Crippen LogP contribution >= 0.6 is 0 Å². The van der Waals surface area contributed by atoms with Gasteiger partial charge in [-0.1, -0.05) is 19.3 Å². The molecule has 0 aliphatic heterocycles. The zero-order valence-electron chi connectivity index (χ0n) is 9.98. The van der Waals surface area contributed by atoms with Crippen molar-refractivity contribution in [2.45, 2.75) is 38.5 Å². The van der Waals surface area contributed by atoms with Crippen molar-refractivity contribution in [2.75, 3.05) is 11.1 Å². The Kier molecular flexibility index (Phi) is 3.96. The number of pyridine rings is 1. The van der Waals surface area contributed by atoms with E-state index in [-0.39, 0.29) is 5.91 Å². The van der Waals surface area contributed by atoms with Crippen LogP contribution in [-0.4, -0.2) is 10.9 Å². The smallest absolute Gasteiger partial charge is 0.225 e. The van der Waals surface area contributed by atoms with Crippen LogP contribution in [0.2, 0.25) is 0 Å². The Labute approximate surface area is 102 Å². The van der Waals surface area contributed by atoms with Crippen molar-refractivity contribution in [3.05, 3.63) is 18.3 Å². The maximum Gasteiger partial charge on any atom is 0.225 e. The summed E-state index contributed by atoms with van der Waals surface area (Å²) in [4.78, 5) is 15.9. The van der Waals surface area contributed by atoms with E-state index in [1.54, 1.807) is 18.3 Å². The SMILES string of the molecule is Nc1cccnc1NC(=O)CC1CCCCC1. The third-order valence-corrected chi connectivity index (χ3v) is 3.30. The summed E-state index contributed by atoms with van der Waals surface area (Å²) in [5.74, 6) is 1.05. The van der Waals surface area contributed by atoms with Gasteiger partial charge >= 0.3 is 0 Å². The normalized spacial score (nSPS) is 16.7. The molecule has 1 aliphatic carbocycles. The van der Waals surface area contributed by atoms with Crippen molar-refractivity contribution in [1.82, 2.24) is 4.98 Å². The molecule has 0 unspecified atom stereocenters. The Morgan fingerprint density at radius 1 is 1.41 bits per heavy atom. The summed E-state index contributed by atoms with van der Waals surface area (Å²) < 4.78 is 0. The standard InChI is InChI=1S/C13H19N3O/c14-11-7-4-8-15-13(11)16-12(17)9-10-5-2-1-3-6-10/h4,7-8,10H,1-3,5-6,9,14H2,(H,15,16,17). The molecule has 0 saturated heterocycles. The molecule has 1 saturated carbocycles. The molecule has 92 valence electrons. The van der Waals surface area contributed by atoms with Gasteiger partial charge in [0.05, 0.1) is 5.69 Å². The molecule has 1 aromatic heterocycles. The van der Waals surface area contributed by atoms with Gasteiger partial charge in [0.25, 0.3) is 0 Å². The molecule has 1 heterocycles. The summed E-state index contributed by atoms with van der Waals surface area (Å²) >= 11 is 0. The van der Waals surface area contributed by atoms with Crippen LogP contribution in [-0.2, 0) is 4.79 Å². The maximum absolute atomic E-state index is 11.8. The Morgan fingerprint density at radius 2 is 2.18 bits per heavy atom. The molecule has 3 N–H and O–H groups in total. The van der Waals surface area contributed by atoms with Crippen molar-refractivity contribution in [3.8, 4) is 0 Å². The molecule has 0 atom stereocenters. The van der Waals surface area contributed by atoms with Gasteiger partial charge in [0.2, 0.25) is 5.91 Å². The maximum atomic E-state index is 11.8. The zero-order valence-corrected chi connectivity index (χ0v) is 9.98. The van der Waals surface area contributed by atoms with Crippen LogP contribution in [0, 0.1) is 5.92 Å². The van der Waals surface area contributed by atoms with E-state index < -0.39 is 0 Å². The van der Waals surface area contributed by atoms with Gasteiger partial charge in [-0.3, -0.25) is 4.79 Å². The fourth-order valence-corrected chi connectivity index (χ4v) is 2.36. The predicted octanol–water partition coefficient (Wildman–Crippen LogP) is 2.57. The molecular formula is C13H19N3O. The second kappa shape index (κ2) is 5.66. The van der Waals surface area contributed by atoms with Crippen molar-refractivity contribution >= 4 is 17.4 Å². The number of amides is 1. The summed E-state index contributed by atoms with van der Waals surface area (Å²) in [7, 11) is 0. The third kappa shape index (κ3) is 3.44. The lowest BCUT2D eigenvalue weighted by Gasteiger charge is -2.20. The van der Waals surface area contributed by atoms with Crippen molar-refractivity contribution in [1.29, 1.82) is 0 Å². The number of carbonyl (C=O) groups is 1. The summed E-state index contributed by atoms with van der Waals surface area (Å²) in [6.07, 6.45) is 8.39. The third-order valence-electron chi connectivity index (χ3n) is 3.30. The molecule has 1 aromatic rings. The minimum Gasteiger partial charge on any atom is -0.396 e. The van der Waals surface area contributed by atoms with E-state index in [1.165, 1.54) is 32.1 Å². The summed E-state index contributed by atoms with van der Waals surface area (Å²) in [5, 5.41) is 2.78. The first-order valence-electron chi connectivity index (χ1n) is 6.26. The molecule has 1 amide bonds. The summed E-state index contributed by atoms with van der Waals surface area (Å²) in [6, 6.07) is 3.50. The van der Waals surface area contributed by atoms with Gasteiger partial charge in [0, 0.05) is 12.6 Å². The van der Waals surface area contributed by atoms with E-state index >= 15 is 0 Å². The largest absolute Gasteiger partial charge is 0.396 e. The molecule has 4 heteroatoms. The van der Waals surface area contributed by atoms with Crippen LogP contribution < -0.4 is 11.1 Å². The van der Waals surface area contributed by atoms with E-state index in [1.807, 2.05) is 0 Å². The number of nitrogens with two attached hydrogens (primary N) is 1. The van der Waals surface area contributed by atoms with E-state index in [0.29, 0.717) is 23.8 Å². The first-order valence-corrected chi connectivity index (χ1v) is 6.26. The number of anilines is 2. The summed E-state index contributed by atoms with van der Waals surface area (Å²) in [5.41, 5.74) is 6.24. The first kappa shape index (κ1) is 11.9. The minimum absolute atomic E-state index is 0.0299. The van der Waals surface area contributed by atoms with Gasteiger partial charge in [0.1, 0.15) is 0 Å². The molecule has 0 aromatic carbocycles. The lowest BCUT2D eigenvalue weighted by Crippen LogP contribution is -2.19. The van der Waals surface area contributed by atoms with Crippen molar-refractivity contribution < 1.29 is 4.79 Å². The van der Waals surface area contributed by atoms with Crippen LogP contribution in [0.5, 0.6) is 0 Å². The number of nitrogens with zero attached hydrogens (tertiary/aromatic N) is 1. The van der Waals surface area contributed by atoms with E-state index in [4.69, 9.17) is 5.73 Å². The molecule has 1 fully saturated rings. The minimum atomic E-state index is 0.0299. The number of rotatable bonds is 3. The summed E-state index contributed by atoms with van der Waals surface area (Å²) in [6.45, 7) is 0. The van der Waals surface area contributed by atoms with Crippen LogP contribution in [0.3, 0.4) is 0 Å². The molecular weight excluding hydrogens is 214 g/mol. The number of hydrogen-bond acceptors (Lipinski definition) is 3. The molecule has 2 rings (SSSR count). The topological polar surface area (TPSA) is 68.0 Å². The predicted molar refractivity (Wildman–Crippen MR) is 68.5 cm³/mol. The lowest BCUT2D eigenvalue weighted by atomic mass is 9.87. The number of hydrogen-bond donors (Lipinski definition) is 2. The van der Waals surface area contributed by atoms with Crippen LogP contribution in [0.1, 0.15) is 38.5 Å². The highest BCUT2D eigenvalue weighted by atomic mass is 16.1. The molecule has 0 spiro atoms. The lowest BCUT2D eigenvalue weighted by molar-refractivity contribution is -0.117. The van der Waals surface area contributed by atoms with E-state index in [2.05, 4.69) is 10.3 Å². The highest BCUT2D eigenvalue weighted by Gasteiger charge is 2.17. The van der Waals surface area contributed by atoms with Crippen molar-refractivity contribution in [3.63, 3.8) is 0 Å². The van der Waals surface area contributed by atoms with Crippen LogP contribution in [0.25, 0.3) is 0 Å². The Morgan fingerprint density at radius 3 is 2.88 bits per heavy atom. The molecule has 1 aliphatic rings. The van der Waals surface area contributed by atoms with Gasteiger partial charge in [-0.25, -0.2) is 4.98 Å². The van der Waals surface area contributed by atoms with Gasteiger partial charge < -0.3 is 11.1 Å². The van der Waals surface area contributed by atoms with Crippen LogP contribution in [0.4, 0.5) is 11.5 Å². The van der Waals surface area contributed by atoms with Gasteiger partial charge in [0.15, 0.2) is 5.82 Å². The number of nitrogen functional groups attached to an aromatic ring is 1. The number of nitrogens with one attached hydrogen (secondary N) is 1. The average Bonchev–Trinajstić information content (AvgIpc) is 2.33. The van der Waals surface area contributed by atoms with E-state index in [0.717, 1.165) is 0 Å². The average molecular weight is 233 g/mol. The Bertz CT molecular complexity index is 386. The highest BCUT2D eigenvalue weighted by molar-refractivity contribution is 5.92. The quantitative estimate of drug-likeness (QED) is 0.843. The molecule has 17 heavy (non-hydrogen) atoms. The fraction of sp³-hybridized carbons (Fsp3) is 0.538. The van der Waals surface area contributed by atoms with Gasteiger partial charge in [-0.2, -0.15) is 0 Å². The van der Waals surface area contributed by atoms with Gasteiger partial charge in [-0.05, 0) is 30.9 Å². The molecule has 4 nitrogen and oxygen atoms in total. The molecule has 0 bridgehead atoms. The van der Waals surface area contributed by atoms with Crippen molar-refractivity contribution in [2.24, 2.45) is 5.92 Å². The van der Waals surface area contributed by atoms with Gasteiger partial charge in [-0.15, -0.1) is 0 Å². The zero-order chi connectivity index (χ0) is 12.1. The Hall–Kier alpha value is -1.58. The Balaban J connectivity index is 1.86. The van der Waals surface area contributed by atoms with Crippen LogP contribution in [0.15, 0.2) is 18.3 Å². The second-order valence-electron chi connectivity index (χ2n) is 4.70. The second-order valence-corrected chi connectivity index (χ2v) is 4.70. The molecule has 0 radical (unpaired) electrons. The highest BCUT2D eigenvalue weighted by Crippen LogP contribution is 2.26. The monoisotopic (exact) mass is 233 g/mol. The first-order chi connectivity index (χ1) is 8.25.